The fourth-order valence-electron chi connectivity index (χ4n) is 2.05. The summed E-state index contributed by atoms with van der Waals surface area (Å²) in [5.41, 5.74) is 3.45. The molecule has 0 aliphatic rings. The first-order chi connectivity index (χ1) is 9.06. The maximum Gasteiger partial charge on any atom is 0.182 e. The summed E-state index contributed by atoms with van der Waals surface area (Å²) in [5.74, 6) is -0.455. The lowest BCUT2D eigenvalue weighted by Gasteiger charge is -2.05. The molecule has 0 unspecified atom stereocenters. The van der Waals surface area contributed by atoms with E-state index in [4.69, 9.17) is 23.8 Å². The van der Waals surface area contributed by atoms with Crippen LogP contribution in [-0.4, -0.2) is 9.55 Å². The van der Waals surface area contributed by atoms with Gasteiger partial charge in [-0.2, -0.15) is 0 Å². The summed E-state index contributed by atoms with van der Waals surface area (Å²) in [5, 5.41) is 0.0832. The van der Waals surface area contributed by atoms with Crippen molar-refractivity contribution < 1.29 is 4.39 Å². The van der Waals surface area contributed by atoms with Crippen molar-refractivity contribution in [2.45, 2.75) is 6.92 Å². The second kappa shape index (κ2) is 4.47. The largest absolute Gasteiger partial charge is 0.330 e. The number of imidazole rings is 1. The number of nitrogens with one attached hydrogen (secondary N) is 1. The highest BCUT2D eigenvalue weighted by atomic mass is 35.5. The molecule has 0 aliphatic heterocycles. The van der Waals surface area contributed by atoms with Gasteiger partial charge in [-0.25, -0.2) is 4.39 Å². The molecule has 3 aromatic rings. The van der Waals surface area contributed by atoms with Gasteiger partial charge in [0.2, 0.25) is 0 Å². The van der Waals surface area contributed by atoms with E-state index in [1.165, 1.54) is 6.07 Å². The van der Waals surface area contributed by atoms with E-state index in [0.717, 1.165) is 16.8 Å². The number of aromatic amines is 1. The first-order valence-electron chi connectivity index (χ1n) is 5.73. The Labute approximate surface area is 119 Å². The highest BCUT2D eigenvalue weighted by Crippen LogP contribution is 2.25. The van der Waals surface area contributed by atoms with Gasteiger partial charge in [-0.05, 0) is 37.3 Å². The van der Waals surface area contributed by atoms with E-state index >= 15 is 0 Å². The van der Waals surface area contributed by atoms with Crippen LogP contribution in [-0.2, 0) is 0 Å². The van der Waals surface area contributed by atoms with Crippen molar-refractivity contribution in [3.63, 3.8) is 0 Å². The Morgan fingerprint density at radius 2 is 1.89 bits per heavy atom. The van der Waals surface area contributed by atoms with E-state index in [1.807, 2.05) is 31.2 Å². The van der Waals surface area contributed by atoms with Crippen LogP contribution in [0.1, 0.15) is 5.56 Å². The summed E-state index contributed by atoms with van der Waals surface area (Å²) in [4.78, 5) is 3.03. The van der Waals surface area contributed by atoms with Gasteiger partial charge < -0.3 is 4.98 Å². The minimum Gasteiger partial charge on any atom is -0.330 e. The van der Waals surface area contributed by atoms with Crippen LogP contribution >= 0.6 is 23.8 Å². The predicted octanol–water partition coefficient (Wildman–Crippen LogP) is 4.79. The molecule has 0 saturated heterocycles. The Kier molecular flexibility index (Phi) is 2.92. The highest BCUT2D eigenvalue weighted by Gasteiger charge is 2.10. The third-order valence-corrected chi connectivity index (χ3v) is 3.59. The number of hydrogen-bond acceptors (Lipinski definition) is 1. The van der Waals surface area contributed by atoms with Crippen LogP contribution in [0, 0.1) is 17.5 Å². The van der Waals surface area contributed by atoms with E-state index in [-0.39, 0.29) is 5.02 Å². The van der Waals surface area contributed by atoms with Crippen LogP contribution < -0.4 is 0 Å². The van der Waals surface area contributed by atoms with Crippen molar-refractivity contribution in [1.82, 2.24) is 9.55 Å². The van der Waals surface area contributed by atoms with Gasteiger partial charge in [-0.1, -0.05) is 29.3 Å². The zero-order valence-electron chi connectivity index (χ0n) is 10.1. The van der Waals surface area contributed by atoms with Crippen molar-refractivity contribution in [2.75, 3.05) is 0 Å². The molecule has 5 heteroatoms. The molecule has 0 spiro atoms. The zero-order chi connectivity index (χ0) is 13.6. The normalized spacial score (nSPS) is 11.1. The van der Waals surface area contributed by atoms with E-state index in [2.05, 4.69) is 4.98 Å². The fourth-order valence-corrected chi connectivity index (χ4v) is 2.53. The van der Waals surface area contributed by atoms with Crippen LogP contribution in [0.15, 0.2) is 36.4 Å². The number of aromatic nitrogens is 2. The quantitative estimate of drug-likeness (QED) is 0.640. The van der Waals surface area contributed by atoms with E-state index < -0.39 is 5.82 Å². The van der Waals surface area contributed by atoms with Gasteiger partial charge in [0.1, 0.15) is 5.82 Å². The smallest absolute Gasteiger partial charge is 0.182 e. The van der Waals surface area contributed by atoms with Crippen LogP contribution in [0.5, 0.6) is 0 Å². The summed E-state index contributed by atoms with van der Waals surface area (Å²) in [6, 6.07) is 10.8. The van der Waals surface area contributed by atoms with E-state index in [0.29, 0.717) is 10.3 Å². The highest BCUT2D eigenvalue weighted by molar-refractivity contribution is 7.71. The predicted molar refractivity (Wildman–Crippen MR) is 78.2 cm³/mol. The maximum absolute atomic E-state index is 13.6. The number of benzene rings is 2. The second-order valence-electron chi connectivity index (χ2n) is 4.38. The third kappa shape index (κ3) is 2.07. The Morgan fingerprint density at radius 1 is 1.21 bits per heavy atom. The Morgan fingerprint density at radius 3 is 2.58 bits per heavy atom. The summed E-state index contributed by atoms with van der Waals surface area (Å²) in [6.45, 7) is 2.01. The van der Waals surface area contributed by atoms with Crippen molar-refractivity contribution in [2.24, 2.45) is 0 Å². The Balaban J connectivity index is 2.34. The molecule has 3 rings (SSSR count). The van der Waals surface area contributed by atoms with Gasteiger partial charge in [-0.15, -0.1) is 0 Å². The molecule has 96 valence electrons. The molecule has 0 saturated carbocycles. The molecule has 1 N–H and O–H groups in total. The fraction of sp³-hybridized carbons (Fsp3) is 0.0714. The maximum atomic E-state index is 13.6. The number of rotatable bonds is 1. The average Bonchev–Trinajstić information content (AvgIpc) is 2.67. The van der Waals surface area contributed by atoms with Gasteiger partial charge in [0.15, 0.2) is 4.77 Å². The monoisotopic (exact) mass is 292 g/mol. The molecule has 0 aliphatic carbocycles. The van der Waals surface area contributed by atoms with Gasteiger partial charge in [0.05, 0.1) is 16.1 Å². The number of fused-ring (bicyclic) bond motifs is 1. The first kappa shape index (κ1) is 12.4. The molecule has 1 aromatic heterocycles. The lowest BCUT2D eigenvalue weighted by Crippen LogP contribution is -1.94. The van der Waals surface area contributed by atoms with Gasteiger partial charge >= 0.3 is 0 Å². The molecule has 0 bridgehead atoms. The van der Waals surface area contributed by atoms with Gasteiger partial charge in [0.25, 0.3) is 0 Å². The number of aryl methyl sites for hydroxylation is 1. The number of nitrogens with zero attached hydrogens (tertiary/aromatic N) is 1. The Hall–Kier alpha value is -1.65. The molecule has 19 heavy (non-hydrogen) atoms. The minimum atomic E-state index is -0.455. The van der Waals surface area contributed by atoms with Crippen LogP contribution in [0.3, 0.4) is 0 Å². The second-order valence-corrected chi connectivity index (χ2v) is 5.18. The summed E-state index contributed by atoms with van der Waals surface area (Å²) < 4.78 is 15.9. The molecule has 0 fully saturated rings. The van der Waals surface area contributed by atoms with Crippen molar-refractivity contribution >= 4 is 34.9 Å². The summed E-state index contributed by atoms with van der Waals surface area (Å²) >= 11 is 11.1. The number of hydrogen-bond donors (Lipinski definition) is 1. The SMILES string of the molecule is Cc1ccc(-n2c(=S)[nH]c3cc(Cl)c(F)cc32)cc1. The average molecular weight is 293 g/mol. The number of halogens is 2. The van der Waals surface area contributed by atoms with E-state index in [9.17, 15) is 4.39 Å². The molecule has 1 heterocycles. The van der Waals surface area contributed by atoms with E-state index in [1.54, 1.807) is 10.6 Å². The zero-order valence-corrected chi connectivity index (χ0v) is 11.6. The molecule has 0 radical (unpaired) electrons. The summed E-state index contributed by atoms with van der Waals surface area (Å²) in [7, 11) is 0. The van der Waals surface area contributed by atoms with Gasteiger partial charge in [-0.3, -0.25) is 4.57 Å². The molecule has 2 nitrogen and oxygen atoms in total. The third-order valence-electron chi connectivity index (χ3n) is 3.02. The Bertz CT molecular complexity index is 818. The van der Waals surface area contributed by atoms with Crippen molar-refractivity contribution in [3.05, 3.63) is 57.6 Å². The minimum absolute atomic E-state index is 0.0832. The summed E-state index contributed by atoms with van der Waals surface area (Å²) in [6.07, 6.45) is 0. The molecule has 0 amide bonds. The lowest BCUT2D eigenvalue weighted by atomic mass is 10.2. The topological polar surface area (TPSA) is 20.7 Å². The van der Waals surface area contributed by atoms with Gasteiger partial charge in [0, 0.05) is 11.8 Å². The van der Waals surface area contributed by atoms with Crippen molar-refractivity contribution in [1.29, 1.82) is 0 Å². The standard InChI is InChI=1S/C14H10ClFN2S/c1-8-2-4-9(5-3-8)18-13-7-11(16)10(15)6-12(13)17-14(18)19/h2-7H,1H3,(H,17,19). The molecule has 0 atom stereocenters. The number of H-pyrrole nitrogens is 1. The van der Waals surface area contributed by atoms with Crippen molar-refractivity contribution in [3.8, 4) is 5.69 Å². The van der Waals surface area contributed by atoms with Crippen LogP contribution in [0.2, 0.25) is 5.02 Å². The molecule has 2 aromatic carbocycles. The molecular weight excluding hydrogens is 283 g/mol. The first-order valence-corrected chi connectivity index (χ1v) is 6.52. The molecular formula is C14H10ClFN2S. The van der Waals surface area contributed by atoms with Crippen LogP contribution in [0.4, 0.5) is 4.39 Å². The lowest BCUT2D eigenvalue weighted by molar-refractivity contribution is 0.629. The van der Waals surface area contributed by atoms with Crippen LogP contribution in [0.25, 0.3) is 16.7 Å².